The van der Waals surface area contributed by atoms with E-state index in [4.69, 9.17) is 5.73 Å². The van der Waals surface area contributed by atoms with Crippen molar-refractivity contribution in [1.82, 2.24) is 0 Å². The van der Waals surface area contributed by atoms with E-state index >= 15 is 0 Å². The fourth-order valence-electron chi connectivity index (χ4n) is 1.88. The molecule has 19 heavy (non-hydrogen) atoms. The molecule has 1 aromatic rings. The molecule has 1 unspecified atom stereocenters. The van der Waals surface area contributed by atoms with Crippen LogP contribution in [0.5, 0.6) is 0 Å². The number of hydrogen-bond acceptors (Lipinski definition) is 4. The van der Waals surface area contributed by atoms with Gasteiger partial charge in [-0.15, -0.1) is 3.89 Å². The van der Waals surface area contributed by atoms with E-state index in [1.807, 2.05) is 0 Å². The fourth-order valence-corrected chi connectivity index (χ4v) is 2.88. The molecule has 5 nitrogen and oxygen atoms in total. The first-order chi connectivity index (χ1) is 8.70. The highest BCUT2D eigenvalue weighted by Crippen LogP contribution is 2.33. The second-order valence-electron chi connectivity index (χ2n) is 4.13. The van der Waals surface area contributed by atoms with E-state index < -0.39 is 33.6 Å². The van der Waals surface area contributed by atoms with Gasteiger partial charge in [0.05, 0.1) is 15.8 Å². The maximum atomic E-state index is 13.2. The Balaban J connectivity index is 2.39. The van der Waals surface area contributed by atoms with Gasteiger partial charge in [-0.2, -0.15) is 8.42 Å². The van der Waals surface area contributed by atoms with E-state index in [-0.39, 0.29) is 22.4 Å². The third-order valence-corrected chi connectivity index (χ3v) is 4.57. The summed E-state index contributed by atoms with van der Waals surface area (Å²) in [4.78, 5) is 12.8. The van der Waals surface area contributed by atoms with Crippen molar-refractivity contribution in [3.8, 4) is 0 Å². The van der Waals surface area contributed by atoms with Crippen molar-refractivity contribution in [2.24, 2.45) is 0 Å². The van der Waals surface area contributed by atoms with Gasteiger partial charge >= 0.3 is 10.2 Å². The van der Waals surface area contributed by atoms with E-state index in [1.165, 1.54) is 6.07 Å². The molecule has 1 fully saturated rings. The van der Waals surface area contributed by atoms with Crippen molar-refractivity contribution in [2.45, 2.75) is 11.7 Å². The van der Waals surface area contributed by atoms with Crippen LogP contribution < -0.4 is 10.6 Å². The summed E-state index contributed by atoms with van der Waals surface area (Å²) in [5.74, 6) is -1.18. The molecule has 0 aliphatic carbocycles. The molecular formula is C10H9BrF2N2O3S. The fraction of sp³-hybridized carbons (Fsp3) is 0.300. The monoisotopic (exact) mass is 354 g/mol. The molecule has 1 amide bonds. The zero-order valence-electron chi connectivity index (χ0n) is 9.44. The lowest BCUT2D eigenvalue weighted by Gasteiger charge is -2.18. The first-order valence-corrected chi connectivity index (χ1v) is 7.42. The van der Waals surface area contributed by atoms with Crippen LogP contribution in [0.25, 0.3) is 0 Å². The molecule has 1 aliphatic rings. The van der Waals surface area contributed by atoms with E-state index in [0.29, 0.717) is 0 Å². The number of halogens is 3. The molecule has 1 aliphatic heterocycles. The highest BCUT2D eigenvalue weighted by atomic mass is 79.9. The summed E-state index contributed by atoms with van der Waals surface area (Å²) in [6.45, 7) is -0.333. The SMILES string of the molecule is Nc1cc(F)c(Br)cc1N1CC(S(=O)(=O)F)CC1=O. The quantitative estimate of drug-likeness (QED) is 0.645. The molecule has 1 saturated heterocycles. The summed E-state index contributed by atoms with van der Waals surface area (Å²) in [7, 11) is -4.80. The highest BCUT2D eigenvalue weighted by molar-refractivity contribution is 9.10. The van der Waals surface area contributed by atoms with Gasteiger partial charge in [-0.25, -0.2) is 4.39 Å². The number of carbonyl (C=O) groups is 1. The number of nitrogen functional groups attached to an aromatic ring is 1. The maximum Gasteiger partial charge on any atom is 0.307 e. The number of nitrogens with two attached hydrogens (primary N) is 1. The lowest BCUT2D eigenvalue weighted by molar-refractivity contribution is -0.117. The van der Waals surface area contributed by atoms with Gasteiger partial charge in [-0.05, 0) is 22.0 Å². The van der Waals surface area contributed by atoms with Crippen LogP contribution in [0.4, 0.5) is 19.7 Å². The highest BCUT2D eigenvalue weighted by Gasteiger charge is 2.39. The molecule has 0 spiro atoms. The van der Waals surface area contributed by atoms with E-state index in [2.05, 4.69) is 15.9 Å². The van der Waals surface area contributed by atoms with Gasteiger partial charge in [0.25, 0.3) is 0 Å². The first-order valence-electron chi connectivity index (χ1n) is 5.18. The normalized spacial score (nSPS) is 20.1. The van der Waals surface area contributed by atoms with Gasteiger partial charge < -0.3 is 10.6 Å². The molecule has 0 saturated carbocycles. The molecule has 2 rings (SSSR count). The molecule has 0 aromatic heterocycles. The average molecular weight is 355 g/mol. The summed E-state index contributed by atoms with van der Waals surface area (Å²) < 4.78 is 47.8. The summed E-state index contributed by atoms with van der Waals surface area (Å²) in [6.07, 6.45) is -0.451. The standard InChI is InChI=1S/C10H9BrF2N2O3S/c11-6-2-9(8(14)3-7(6)12)15-4-5(1-10(15)16)19(13,17)18/h2-3,5H,1,4,14H2. The van der Waals surface area contributed by atoms with Crippen LogP contribution in [0.15, 0.2) is 16.6 Å². The van der Waals surface area contributed by atoms with Gasteiger partial charge in [0.1, 0.15) is 11.1 Å². The van der Waals surface area contributed by atoms with E-state index in [0.717, 1.165) is 11.0 Å². The number of carbonyl (C=O) groups excluding carboxylic acids is 1. The van der Waals surface area contributed by atoms with Crippen LogP contribution in [0.1, 0.15) is 6.42 Å². The Kier molecular flexibility index (Phi) is 3.52. The molecule has 104 valence electrons. The number of rotatable bonds is 2. The van der Waals surface area contributed by atoms with Crippen molar-refractivity contribution in [2.75, 3.05) is 17.2 Å². The third kappa shape index (κ3) is 2.71. The molecule has 1 aromatic carbocycles. The van der Waals surface area contributed by atoms with Gasteiger partial charge in [0, 0.05) is 19.0 Å². The summed E-state index contributed by atoms with van der Waals surface area (Å²) in [6, 6.07) is 2.26. The van der Waals surface area contributed by atoms with Gasteiger partial charge in [-0.3, -0.25) is 4.79 Å². The number of benzene rings is 1. The topological polar surface area (TPSA) is 80.5 Å². The van der Waals surface area contributed by atoms with Crippen molar-refractivity contribution in [1.29, 1.82) is 0 Å². The van der Waals surface area contributed by atoms with Crippen LogP contribution >= 0.6 is 15.9 Å². The Morgan fingerprint density at radius 1 is 1.42 bits per heavy atom. The maximum absolute atomic E-state index is 13.2. The average Bonchev–Trinajstić information content (AvgIpc) is 2.65. The Bertz CT molecular complexity index is 650. The molecule has 9 heteroatoms. The lowest BCUT2D eigenvalue weighted by atomic mass is 10.2. The van der Waals surface area contributed by atoms with Crippen LogP contribution in [0, 0.1) is 5.82 Å². The van der Waals surface area contributed by atoms with Crippen molar-refractivity contribution in [3.63, 3.8) is 0 Å². The molecule has 2 N–H and O–H groups in total. The second-order valence-corrected chi connectivity index (χ2v) is 6.60. The van der Waals surface area contributed by atoms with Crippen LogP contribution in [-0.4, -0.2) is 26.1 Å². The smallest absolute Gasteiger partial charge is 0.307 e. The molecule has 0 bridgehead atoms. The number of anilines is 2. The second kappa shape index (κ2) is 4.71. The summed E-state index contributed by atoms with van der Waals surface area (Å²) in [5.41, 5.74) is 5.72. The Morgan fingerprint density at radius 3 is 2.58 bits per heavy atom. The third-order valence-electron chi connectivity index (χ3n) is 2.85. The minimum atomic E-state index is -4.80. The Morgan fingerprint density at radius 2 is 2.05 bits per heavy atom. The summed E-state index contributed by atoms with van der Waals surface area (Å²) in [5, 5.41) is -1.41. The van der Waals surface area contributed by atoms with Crippen LogP contribution in [-0.2, 0) is 15.0 Å². The Hall–Kier alpha value is -1.22. The lowest BCUT2D eigenvalue weighted by Crippen LogP contribution is -2.27. The predicted molar refractivity (Wildman–Crippen MR) is 69.3 cm³/mol. The summed E-state index contributed by atoms with van der Waals surface area (Å²) >= 11 is 2.94. The van der Waals surface area contributed by atoms with Crippen molar-refractivity contribution < 1.29 is 21.5 Å². The largest absolute Gasteiger partial charge is 0.397 e. The van der Waals surface area contributed by atoms with Gasteiger partial charge in [0.15, 0.2) is 0 Å². The molecular weight excluding hydrogens is 346 g/mol. The molecule has 1 heterocycles. The first kappa shape index (κ1) is 14.2. The minimum Gasteiger partial charge on any atom is -0.397 e. The van der Waals surface area contributed by atoms with E-state index in [9.17, 15) is 21.5 Å². The molecule has 0 radical (unpaired) electrons. The number of nitrogens with zero attached hydrogens (tertiary/aromatic N) is 1. The van der Waals surface area contributed by atoms with Crippen molar-refractivity contribution in [3.05, 3.63) is 22.4 Å². The predicted octanol–water partition coefficient (Wildman–Crippen LogP) is 1.58. The zero-order valence-corrected chi connectivity index (χ0v) is 11.8. The van der Waals surface area contributed by atoms with Gasteiger partial charge in [-0.1, -0.05) is 0 Å². The van der Waals surface area contributed by atoms with E-state index in [1.54, 1.807) is 0 Å². The molecule has 1 atom stereocenters. The van der Waals surface area contributed by atoms with Gasteiger partial charge in [0.2, 0.25) is 5.91 Å². The Labute approximate surface area is 116 Å². The van der Waals surface area contributed by atoms with Crippen LogP contribution in [0.3, 0.4) is 0 Å². The minimum absolute atomic E-state index is 0.0223. The number of amides is 1. The zero-order chi connectivity index (χ0) is 14.4. The van der Waals surface area contributed by atoms with Crippen LogP contribution in [0.2, 0.25) is 0 Å². The number of hydrogen-bond donors (Lipinski definition) is 1. The van der Waals surface area contributed by atoms with Crippen molar-refractivity contribution >= 4 is 43.4 Å².